The number of rotatable bonds is 7. The molecule has 27 heavy (non-hydrogen) atoms. The van der Waals surface area contributed by atoms with Crippen LogP contribution in [0.4, 0.5) is 0 Å². The number of methoxy groups -OCH3 is 3. The van der Waals surface area contributed by atoms with Gasteiger partial charge in [0.2, 0.25) is 5.75 Å². The Kier molecular flexibility index (Phi) is 6.80. The number of thiophene rings is 1. The Morgan fingerprint density at radius 2 is 1.70 bits per heavy atom. The molecule has 0 atom stereocenters. The summed E-state index contributed by atoms with van der Waals surface area (Å²) in [5.74, 6) is 5.15. The molecule has 4 N–H and O–H groups in total. The molecule has 0 radical (unpaired) electrons. The first-order valence-electron chi connectivity index (χ1n) is 7.83. The lowest BCUT2D eigenvalue weighted by Gasteiger charge is -2.15. The molecule has 2 amide bonds. The van der Waals surface area contributed by atoms with Crippen molar-refractivity contribution in [2.45, 2.75) is 6.92 Å². The first-order chi connectivity index (χ1) is 13.0. The van der Waals surface area contributed by atoms with Crippen LogP contribution in [-0.2, 0) is 4.79 Å². The number of carbonyl (C=O) groups is 2. The molecule has 9 heteroatoms. The molecule has 2 rings (SSSR count). The average Bonchev–Trinajstić information content (AvgIpc) is 3.24. The smallest absolute Gasteiger partial charge is 0.282 e. The van der Waals surface area contributed by atoms with E-state index < -0.39 is 11.8 Å². The van der Waals surface area contributed by atoms with Crippen LogP contribution < -0.4 is 30.8 Å². The van der Waals surface area contributed by atoms with E-state index in [0.29, 0.717) is 22.8 Å². The zero-order valence-corrected chi connectivity index (χ0v) is 16.2. The fourth-order valence-electron chi connectivity index (χ4n) is 2.41. The van der Waals surface area contributed by atoms with Crippen molar-refractivity contribution in [3.05, 3.63) is 45.8 Å². The molecule has 0 fully saturated rings. The molecule has 0 bridgehead atoms. The van der Waals surface area contributed by atoms with E-state index in [0.717, 1.165) is 4.88 Å². The van der Waals surface area contributed by atoms with E-state index in [1.165, 1.54) is 44.8 Å². The Morgan fingerprint density at radius 3 is 2.15 bits per heavy atom. The monoisotopic (exact) mass is 391 g/mol. The van der Waals surface area contributed by atoms with Crippen LogP contribution in [0.15, 0.2) is 35.3 Å². The van der Waals surface area contributed by atoms with Crippen LogP contribution >= 0.6 is 11.3 Å². The molecule has 1 aromatic carbocycles. The number of hydrogen-bond donors (Lipinski definition) is 3. The van der Waals surface area contributed by atoms with Gasteiger partial charge in [0.25, 0.3) is 11.8 Å². The molecule has 0 spiro atoms. The Morgan fingerprint density at radius 1 is 1.07 bits per heavy atom. The number of hydrazine groups is 1. The molecule has 0 unspecified atom stereocenters. The molecule has 2 aromatic rings. The summed E-state index contributed by atoms with van der Waals surface area (Å²) in [7, 11) is 4.37. The van der Waals surface area contributed by atoms with Gasteiger partial charge in [-0.05, 0) is 36.1 Å². The maximum atomic E-state index is 12.8. The molecule has 8 nitrogen and oxygen atoms in total. The predicted octanol–water partition coefficient (Wildman–Crippen LogP) is 1.92. The van der Waals surface area contributed by atoms with Crippen molar-refractivity contribution >= 4 is 28.7 Å². The van der Waals surface area contributed by atoms with Crippen LogP contribution in [0.3, 0.4) is 0 Å². The molecule has 1 heterocycles. The first-order valence-corrected chi connectivity index (χ1v) is 8.71. The van der Waals surface area contributed by atoms with Gasteiger partial charge >= 0.3 is 0 Å². The van der Waals surface area contributed by atoms with Crippen molar-refractivity contribution in [1.82, 2.24) is 10.7 Å². The van der Waals surface area contributed by atoms with Crippen LogP contribution in [0.2, 0.25) is 0 Å². The lowest BCUT2D eigenvalue weighted by Crippen LogP contribution is -2.39. The van der Waals surface area contributed by atoms with Crippen LogP contribution in [0.5, 0.6) is 17.2 Å². The van der Waals surface area contributed by atoms with Crippen molar-refractivity contribution in [1.29, 1.82) is 0 Å². The summed E-state index contributed by atoms with van der Waals surface area (Å²) in [5, 5.41) is 4.49. The van der Waals surface area contributed by atoms with E-state index in [9.17, 15) is 9.59 Å². The van der Waals surface area contributed by atoms with Crippen molar-refractivity contribution in [3.63, 3.8) is 0 Å². The van der Waals surface area contributed by atoms with E-state index in [1.807, 2.05) is 17.5 Å². The molecule has 0 aliphatic rings. The summed E-state index contributed by atoms with van der Waals surface area (Å²) in [4.78, 5) is 25.8. The van der Waals surface area contributed by atoms with E-state index >= 15 is 0 Å². The van der Waals surface area contributed by atoms with E-state index in [1.54, 1.807) is 6.92 Å². The predicted molar refractivity (Wildman–Crippen MR) is 103 cm³/mol. The van der Waals surface area contributed by atoms with Crippen LogP contribution in [0.1, 0.15) is 22.2 Å². The molecule has 0 aliphatic carbocycles. The van der Waals surface area contributed by atoms with Crippen LogP contribution in [0, 0.1) is 0 Å². The number of benzene rings is 1. The highest BCUT2D eigenvalue weighted by Crippen LogP contribution is 2.38. The highest BCUT2D eigenvalue weighted by molar-refractivity contribution is 7.11. The quantitative estimate of drug-likeness (QED) is 0.288. The third kappa shape index (κ3) is 4.39. The number of nitrogens with two attached hydrogens (primary N) is 1. The maximum absolute atomic E-state index is 12.8. The Hall–Kier alpha value is -3.04. The van der Waals surface area contributed by atoms with E-state index in [2.05, 4.69) is 10.7 Å². The zero-order valence-electron chi connectivity index (χ0n) is 15.4. The Labute approximate surface area is 160 Å². The highest BCUT2D eigenvalue weighted by atomic mass is 32.1. The van der Waals surface area contributed by atoms with Gasteiger partial charge in [0.15, 0.2) is 11.5 Å². The van der Waals surface area contributed by atoms with E-state index in [4.69, 9.17) is 20.1 Å². The lowest BCUT2D eigenvalue weighted by molar-refractivity contribution is -0.117. The zero-order chi connectivity index (χ0) is 20.0. The molecule has 0 aliphatic heterocycles. The van der Waals surface area contributed by atoms with Crippen LogP contribution in [0.25, 0.3) is 5.57 Å². The summed E-state index contributed by atoms with van der Waals surface area (Å²) in [6, 6.07) is 6.68. The first kappa shape index (κ1) is 20.3. The molecule has 0 saturated carbocycles. The minimum atomic E-state index is -0.610. The lowest BCUT2D eigenvalue weighted by atomic mass is 10.1. The second kappa shape index (κ2) is 9.06. The Balaban J connectivity index is 2.44. The van der Waals surface area contributed by atoms with Crippen molar-refractivity contribution in [2.75, 3.05) is 21.3 Å². The van der Waals surface area contributed by atoms with E-state index in [-0.39, 0.29) is 11.3 Å². The molecule has 144 valence electrons. The van der Waals surface area contributed by atoms with Gasteiger partial charge in [-0.1, -0.05) is 6.07 Å². The SMILES string of the molecule is COc1cc(C(=O)N/C(C(=O)NN)=C(/C)c2cccs2)cc(OC)c1OC. The molecular formula is C18H21N3O5S. The third-order valence-electron chi connectivity index (χ3n) is 3.79. The number of hydrogen-bond acceptors (Lipinski definition) is 7. The largest absolute Gasteiger partial charge is 0.493 e. The third-order valence-corrected chi connectivity index (χ3v) is 4.78. The average molecular weight is 391 g/mol. The van der Waals surface area contributed by atoms with Gasteiger partial charge in [-0.2, -0.15) is 0 Å². The number of amides is 2. The normalized spacial score (nSPS) is 11.3. The number of ether oxygens (including phenoxy) is 3. The van der Waals surface area contributed by atoms with Gasteiger partial charge in [-0.3, -0.25) is 15.0 Å². The fraction of sp³-hybridized carbons (Fsp3) is 0.222. The highest BCUT2D eigenvalue weighted by Gasteiger charge is 2.21. The summed E-state index contributed by atoms with van der Waals surface area (Å²) in [6.07, 6.45) is 0. The minimum absolute atomic E-state index is 0.0544. The summed E-state index contributed by atoms with van der Waals surface area (Å²) in [6.45, 7) is 1.73. The molecule has 0 saturated heterocycles. The van der Waals surface area contributed by atoms with Gasteiger partial charge in [-0.25, -0.2) is 5.84 Å². The van der Waals surface area contributed by atoms with Crippen molar-refractivity contribution in [2.24, 2.45) is 5.84 Å². The number of allylic oxidation sites excluding steroid dienone is 1. The fourth-order valence-corrected chi connectivity index (χ4v) is 3.15. The topological polar surface area (TPSA) is 112 Å². The summed E-state index contributed by atoms with van der Waals surface area (Å²) >= 11 is 1.44. The van der Waals surface area contributed by atoms with Gasteiger partial charge < -0.3 is 19.5 Å². The summed E-state index contributed by atoms with van der Waals surface area (Å²) in [5.41, 5.74) is 2.93. The second-order valence-electron chi connectivity index (χ2n) is 5.32. The second-order valence-corrected chi connectivity index (χ2v) is 6.27. The molecular weight excluding hydrogens is 370 g/mol. The van der Waals surface area contributed by atoms with Gasteiger partial charge in [0, 0.05) is 10.4 Å². The van der Waals surface area contributed by atoms with Crippen LogP contribution in [-0.4, -0.2) is 33.1 Å². The van der Waals surface area contributed by atoms with Gasteiger partial charge in [0.1, 0.15) is 5.70 Å². The van der Waals surface area contributed by atoms with Crippen molar-refractivity contribution < 1.29 is 23.8 Å². The molecule has 1 aromatic heterocycles. The minimum Gasteiger partial charge on any atom is -0.493 e. The van der Waals surface area contributed by atoms with Gasteiger partial charge in [0.05, 0.1) is 21.3 Å². The standard InChI is InChI=1S/C18H21N3O5S/c1-10(14-6-5-7-27-14)15(18(23)21-19)20-17(22)11-8-12(24-2)16(26-4)13(9-11)25-3/h5-9H,19H2,1-4H3,(H,20,22)(H,21,23)/b15-10-. The maximum Gasteiger partial charge on any atom is 0.282 e. The van der Waals surface area contributed by atoms with Crippen molar-refractivity contribution in [3.8, 4) is 17.2 Å². The Bertz CT molecular complexity index is 837. The summed E-state index contributed by atoms with van der Waals surface area (Å²) < 4.78 is 15.8. The number of carbonyl (C=O) groups excluding carboxylic acids is 2. The number of nitrogens with one attached hydrogen (secondary N) is 2. The van der Waals surface area contributed by atoms with Gasteiger partial charge in [-0.15, -0.1) is 11.3 Å².